The Balaban J connectivity index is 1.67. The van der Waals surface area contributed by atoms with E-state index >= 15 is 0 Å². The van der Waals surface area contributed by atoms with Crippen LogP contribution in [0.5, 0.6) is 5.75 Å². The topological polar surface area (TPSA) is 62.3 Å². The molecule has 0 unspecified atom stereocenters. The Kier molecular flexibility index (Phi) is 4.86. The maximum Gasteiger partial charge on any atom is 0.140 e. The first-order chi connectivity index (χ1) is 12.7. The van der Waals surface area contributed by atoms with E-state index in [1.807, 2.05) is 6.07 Å². The van der Waals surface area contributed by atoms with Gasteiger partial charge in [-0.05, 0) is 55.1 Å². The first-order valence-corrected chi connectivity index (χ1v) is 9.47. The van der Waals surface area contributed by atoms with Gasteiger partial charge < -0.3 is 10.5 Å². The van der Waals surface area contributed by atoms with Crippen LogP contribution in [0.2, 0.25) is 5.02 Å². The van der Waals surface area contributed by atoms with Crippen molar-refractivity contribution in [3.8, 4) is 11.8 Å². The lowest BCUT2D eigenvalue weighted by atomic mass is 10.0. The van der Waals surface area contributed by atoms with Gasteiger partial charge in [-0.2, -0.15) is 5.26 Å². The SMILES string of the molecule is N#Cc1cc(Cl)ccc1O[C@@H]1c2ccccc2C[C@H]1N1CCC[C@@H](N)C1. The lowest BCUT2D eigenvalue weighted by Gasteiger charge is -2.38. The van der Waals surface area contributed by atoms with E-state index in [4.69, 9.17) is 22.1 Å². The predicted molar refractivity (Wildman–Crippen MR) is 102 cm³/mol. The molecule has 0 radical (unpaired) electrons. The molecule has 1 fully saturated rings. The monoisotopic (exact) mass is 367 g/mol. The predicted octanol–water partition coefficient (Wildman–Crippen LogP) is 3.68. The maximum atomic E-state index is 9.45. The lowest BCUT2D eigenvalue weighted by Crippen LogP contribution is -2.49. The summed E-state index contributed by atoms with van der Waals surface area (Å²) < 4.78 is 6.42. The minimum atomic E-state index is -0.107. The standard InChI is InChI=1S/C21H22ClN3O/c22-16-7-8-20(15(10-16)12-23)26-21-18-6-2-1-4-14(18)11-19(21)25-9-3-5-17(24)13-25/h1-2,4,6-8,10,17,19,21H,3,5,9,11,13,24H2/t17-,19-,21-/m1/s1. The number of fused-ring (bicyclic) bond motifs is 1. The Morgan fingerprint density at radius 3 is 2.88 bits per heavy atom. The highest BCUT2D eigenvalue weighted by Crippen LogP contribution is 2.39. The van der Waals surface area contributed by atoms with Crippen LogP contribution >= 0.6 is 11.6 Å². The fourth-order valence-corrected chi connectivity index (χ4v) is 4.34. The first kappa shape index (κ1) is 17.4. The summed E-state index contributed by atoms with van der Waals surface area (Å²) in [4.78, 5) is 2.46. The summed E-state index contributed by atoms with van der Waals surface area (Å²) in [5.41, 5.74) is 9.20. The third kappa shape index (κ3) is 3.31. The van der Waals surface area contributed by atoms with E-state index in [9.17, 15) is 5.26 Å². The molecule has 0 spiro atoms. The average molecular weight is 368 g/mol. The molecule has 3 atom stereocenters. The fourth-order valence-electron chi connectivity index (χ4n) is 4.17. The van der Waals surface area contributed by atoms with Gasteiger partial charge in [-0.25, -0.2) is 0 Å². The van der Waals surface area contributed by atoms with Gasteiger partial charge in [-0.1, -0.05) is 35.9 Å². The zero-order chi connectivity index (χ0) is 18.1. The molecule has 4 nitrogen and oxygen atoms in total. The molecule has 0 bridgehead atoms. The van der Waals surface area contributed by atoms with Crippen LogP contribution in [-0.4, -0.2) is 30.1 Å². The minimum Gasteiger partial charge on any atom is -0.483 e. The number of ether oxygens (including phenoxy) is 1. The van der Waals surface area contributed by atoms with Crippen molar-refractivity contribution in [3.05, 3.63) is 64.2 Å². The molecule has 1 saturated heterocycles. The molecule has 5 heteroatoms. The average Bonchev–Trinajstić information content (AvgIpc) is 3.02. The van der Waals surface area contributed by atoms with Gasteiger partial charge in [-0.3, -0.25) is 4.90 Å². The van der Waals surface area contributed by atoms with Crippen LogP contribution in [0.15, 0.2) is 42.5 Å². The van der Waals surface area contributed by atoms with Crippen molar-refractivity contribution in [3.63, 3.8) is 0 Å². The van der Waals surface area contributed by atoms with Crippen LogP contribution in [0, 0.1) is 11.3 Å². The van der Waals surface area contributed by atoms with Crippen LogP contribution in [0.25, 0.3) is 0 Å². The Morgan fingerprint density at radius 1 is 1.23 bits per heavy atom. The van der Waals surface area contributed by atoms with Gasteiger partial charge in [0.1, 0.15) is 17.9 Å². The number of likely N-dealkylation sites (tertiary alicyclic amines) is 1. The number of nitrogens with two attached hydrogens (primary N) is 1. The van der Waals surface area contributed by atoms with Crippen LogP contribution in [0.3, 0.4) is 0 Å². The van der Waals surface area contributed by atoms with Crippen molar-refractivity contribution in [1.82, 2.24) is 4.90 Å². The van der Waals surface area contributed by atoms with E-state index in [1.165, 1.54) is 11.1 Å². The Hall–Kier alpha value is -2.06. The number of hydrogen-bond donors (Lipinski definition) is 1. The summed E-state index contributed by atoms with van der Waals surface area (Å²) in [5.74, 6) is 0.588. The maximum absolute atomic E-state index is 9.45. The van der Waals surface area contributed by atoms with Crippen molar-refractivity contribution in [2.45, 2.75) is 37.5 Å². The third-order valence-electron chi connectivity index (χ3n) is 5.41. The summed E-state index contributed by atoms with van der Waals surface area (Å²) in [5, 5.41) is 9.99. The van der Waals surface area contributed by atoms with Gasteiger partial charge in [0.2, 0.25) is 0 Å². The summed E-state index contributed by atoms with van der Waals surface area (Å²) >= 11 is 6.03. The number of hydrogen-bond acceptors (Lipinski definition) is 4. The normalized spacial score (nSPS) is 25.5. The van der Waals surface area contributed by atoms with Gasteiger partial charge >= 0.3 is 0 Å². The van der Waals surface area contributed by atoms with E-state index in [1.54, 1.807) is 18.2 Å². The Labute approximate surface area is 159 Å². The fraction of sp³-hybridized carbons (Fsp3) is 0.381. The van der Waals surface area contributed by atoms with Gasteiger partial charge in [-0.15, -0.1) is 0 Å². The highest BCUT2D eigenvalue weighted by molar-refractivity contribution is 6.30. The second-order valence-electron chi connectivity index (χ2n) is 7.16. The highest BCUT2D eigenvalue weighted by Gasteiger charge is 2.39. The van der Waals surface area contributed by atoms with E-state index < -0.39 is 0 Å². The van der Waals surface area contributed by atoms with Crippen LogP contribution in [0.1, 0.15) is 35.6 Å². The van der Waals surface area contributed by atoms with Crippen LogP contribution in [-0.2, 0) is 6.42 Å². The van der Waals surface area contributed by atoms with Crippen molar-refractivity contribution < 1.29 is 4.74 Å². The Morgan fingerprint density at radius 2 is 2.08 bits per heavy atom. The molecule has 2 aromatic carbocycles. The zero-order valence-corrected chi connectivity index (χ0v) is 15.3. The quantitative estimate of drug-likeness (QED) is 0.898. The number of piperidine rings is 1. The number of nitrogens with zero attached hydrogens (tertiary/aromatic N) is 2. The largest absolute Gasteiger partial charge is 0.483 e. The number of rotatable bonds is 3. The second kappa shape index (κ2) is 7.28. The molecule has 1 aliphatic heterocycles. The van der Waals surface area contributed by atoms with Crippen molar-refractivity contribution in [2.24, 2.45) is 5.73 Å². The molecule has 4 rings (SSSR count). The second-order valence-corrected chi connectivity index (χ2v) is 7.59. The van der Waals surface area contributed by atoms with Crippen molar-refractivity contribution in [1.29, 1.82) is 5.26 Å². The lowest BCUT2D eigenvalue weighted by molar-refractivity contribution is 0.0591. The molecule has 0 aromatic heterocycles. The number of halogens is 1. The molecule has 26 heavy (non-hydrogen) atoms. The van der Waals surface area contributed by atoms with Gasteiger partial charge in [0.05, 0.1) is 11.6 Å². The van der Waals surface area contributed by atoms with Gasteiger partial charge in [0.25, 0.3) is 0 Å². The highest BCUT2D eigenvalue weighted by atomic mass is 35.5. The summed E-state index contributed by atoms with van der Waals surface area (Å²) in [6, 6.07) is 16.3. The van der Waals surface area contributed by atoms with Gasteiger partial charge in [0, 0.05) is 17.6 Å². The van der Waals surface area contributed by atoms with E-state index in [0.29, 0.717) is 16.3 Å². The molecule has 2 N–H and O–H groups in total. The number of nitriles is 1. The molecule has 134 valence electrons. The Bertz CT molecular complexity index is 847. The van der Waals surface area contributed by atoms with E-state index in [2.05, 4.69) is 29.2 Å². The molecule has 2 aliphatic rings. The molecule has 1 heterocycles. The van der Waals surface area contributed by atoms with E-state index in [-0.39, 0.29) is 18.2 Å². The van der Waals surface area contributed by atoms with Crippen molar-refractivity contribution in [2.75, 3.05) is 13.1 Å². The van der Waals surface area contributed by atoms with Gasteiger partial charge in [0.15, 0.2) is 0 Å². The molecule has 0 amide bonds. The van der Waals surface area contributed by atoms with Crippen molar-refractivity contribution >= 4 is 11.6 Å². The van der Waals surface area contributed by atoms with Crippen LogP contribution in [0.4, 0.5) is 0 Å². The minimum absolute atomic E-state index is 0.107. The zero-order valence-electron chi connectivity index (χ0n) is 14.6. The molecule has 2 aromatic rings. The molecular weight excluding hydrogens is 346 g/mol. The molecule has 1 aliphatic carbocycles. The smallest absolute Gasteiger partial charge is 0.140 e. The summed E-state index contributed by atoms with van der Waals surface area (Å²) in [6.07, 6.45) is 3.04. The summed E-state index contributed by atoms with van der Waals surface area (Å²) in [7, 11) is 0. The first-order valence-electron chi connectivity index (χ1n) is 9.09. The number of benzene rings is 2. The van der Waals surface area contributed by atoms with Crippen LogP contribution < -0.4 is 10.5 Å². The third-order valence-corrected chi connectivity index (χ3v) is 5.65. The van der Waals surface area contributed by atoms with E-state index in [0.717, 1.165) is 32.4 Å². The molecular formula is C21H22ClN3O. The summed E-state index contributed by atoms with van der Waals surface area (Å²) in [6.45, 7) is 1.93. The molecule has 0 saturated carbocycles.